The van der Waals surface area contributed by atoms with Crippen molar-refractivity contribution in [1.29, 1.82) is 0 Å². The van der Waals surface area contributed by atoms with Gasteiger partial charge >= 0.3 is 0 Å². The van der Waals surface area contributed by atoms with Crippen LogP contribution in [0, 0.1) is 24.0 Å². The molecule has 9 nitrogen and oxygen atoms in total. The average molecular weight is 421 g/mol. The molecule has 156 valence electrons. The van der Waals surface area contributed by atoms with Crippen molar-refractivity contribution < 1.29 is 22.9 Å². The molecule has 1 amide bonds. The zero-order valence-corrected chi connectivity index (χ0v) is 17.4. The number of amides is 1. The Hall–Kier alpha value is -2.98. The first-order valence-corrected chi connectivity index (χ1v) is 10.3. The van der Waals surface area contributed by atoms with E-state index in [1.807, 2.05) is 6.92 Å². The molecule has 2 rings (SSSR count). The Balaban J connectivity index is 2.15. The van der Waals surface area contributed by atoms with Gasteiger partial charge in [0, 0.05) is 12.1 Å². The normalized spacial score (nSPS) is 12.3. The lowest BCUT2D eigenvalue weighted by atomic mass is 10.1. The number of anilines is 1. The topological polar surface area (TPSA) is 128 Å². The number of carbonyl (C=O) groups is 1. The highest BCUT2D eigenvalue weighted by molar-refractivity contribution is 7.89. The summed E-state index contributed by atoms with van der Waals surface area (Å²) in [6.45, 7) is 7.08. The van der Waals surface area contributed by atoms with Gasteiger partial charge in [-0.15, -0.1) is 0 Å². The van der Waals surface area contributed by atoms with Crippen molar-refractivity contribution in [2.24, 2.45) is 0 Å². The molecule has 0 fully saturated rings. The van der Waals surface area contributed by atoms with Crippen molar-refractivity contribution >= 4 is 27.3 Å². The fraction of sp³-hybridized carbons (Fsp3) is 0.316. The predicted octanol–water partition coefficient (Wildman–Crippen LogP) is 2.92. The van der Waals surface area contributed by atoms with Crippen molar-refractivity contribution in [3.63, 3.8) is 0 Å². The number of benzene rings is 2. The number of non-ortho nitro benzene ring substituents is 1. The standard InChI is InChI=1S/C19H23N3O6S/c1-5-28-18-9-8-16(10-13(18)3)29(26,27)21-14(4)19(23)20-17-11-15(22(24)25)7-6-12(17)2/h6-11,14,21H,5H2,1-4H3,(H,20,23)/t14-/m1/s1. The van der Waals surface area contributed by atoms with Gasteiger partial charge in [-0.3, -0.25) is 14.9 Å². The largest absolute Gasteiger partial charge is 0.494 e. The lowest BCUT2D eigenvalue weighted by Crippen LogP contribution is -2.41. The SMILES string of the molecule is CCOc1ccc(S(=O)(=O)N[C@H](C)C(=O)Nc2cc([N+](=O)[O-])ccc2C)cc1C. The summed E-state index contributed by atoms with van der Waals surface area (Å²) >= 11 is 0. The Morgan fingerprint density at radius 2 is 1.86 bits per heavy atom. The number of nitrogens with one attached hydrogen (secondary N) is 2. The molecule has 0 spiro atoms. The number of sulfonamides is 1. The number of nitro benzene ring substituents is 1. The zero-order valence-electron chi connectivity index (χ0n) is 16.6. The number of hydrogen-bond acceptors (Lipinski definition) is 6. The van der Waals surface area contributed by atoms with E-state index in [4.69, 9.17) is 4.74 Å². The fourth-order valence-electron chi connectivity index (χ4n) is 2.56. The highest BCUT2D eigenvalue weighted by Gasteiger charge is 2.23. The number of nitro groups is 1. The van der Waals surface area contributed by atoms with Crippen LogP contribution >= 0.6 is 0 Å². The van der Waals surface area contributed by atoms with Crippen molar-refractivity contribution in [2.75, 3.05) is 11.9 Å². The third-order valence-corrected chi connectivity index (χ3v) is 5.71. The van der Waals surface area contributed by atoms with E-state index in [2.05, 4.69) is 10.0 Å². The Bertz CT molecular complexity index is 1040. The molecule has 0 aliphatic rings. The molecule has 1 atom stereocenters. The molecule has 0 unspecified atom stereocenters. The molecular weight excluding hydrogens is 398 g/mol. The van der Waals surface area contributed by atoms with Crippen molar-refractivity contribution in [2.45, 2.75) is 38.6 Å². The van der Waals surface area contributed by atoms with Crippen LogP contribution in [0.4, 0.5) is 11.4 Å². The van der Waals surface area contributed by atoms with Crippen LogP contribution in [0.5, 0.6) is 5.75 Å². The molecule has 0 bridgehead atoms. The Morgan fingerprint density at radius 3 is 2.45 bits per heavy atom. The molecule has 0 heterocycles. The number of carbonyl (C=O) groups excluding carboxylic acids is 1. The maximum absolute atomic E-state index is 12.6. The molecule has 0 saturated carbocycles. The number of nitrogens with zero attached hydrogens (tertiary/aromatic N) is 1. The molecule has 0 aliphatic carbocycles. The van der Waals surface area contributed by atoms with Gasteiger partial charge < -0.3 is 10.1 Å². The second-order valence-corrected chi connectivity index (χ2v) is 8.16. The number of aryl methyl sites for hydroxylation is 2. The minimum absolute atomic E-state index is 0.00429. The summed E-state index contributed by atoms with van der Waals surface area (Å²) in [4.78, 5) is 22.8. The Morgan fingerprint density at radius 1 is 1.17 bits per heavy atom. The van der Waals surface area contributed by atoms with Crippen LogP contribution in [0.25, 0.3) is 0 Å². The molecule has 2 aromatic carbocycles. The summed E-state index contributed by atoms with van der Waals surface area (Å²) in [7, 11) is -3.96. The summed E-state index contributed by atoms with van der Waals surface area (Å²) in [5, 5.41) is 13.4. The predicted molar refractivity (Wildman–Crippen MR) is 109 cm³/mol. The highest BCUT2D eigenvalue weighted by Crippen LogP contribution is 2.23. The summed E-state index contributed by atoms with van der Waals surface area (Å²) < 4.78 is 32.9. The van der Waals surface area contributed by atoms with Crippen LogP contribution in [0.3, 0.4) is 0 Å². The van der Waals surface area contributed by atoms with Crippen LogP contribution in [-0.2, 0) is 14.8 Å². The van der Waals surface area contributed by atoms with Gasteiger partial charge in [0.2, 0.25) is 15.9 Å². The van der Waals surface area contributed by atoms with E-state index in [1.165, 1.54) is 37.3 Å². The fourth-order valence-corrected chi connectivity index (χ4v) is 3.85. The van der Waals surface area contributed by atoms with E-state index >= 15 is 0 Å². The molecule has 2 N–H and O–H groups in total. The van der Waals surface area contributed by atoms with Crippen molar-refractivity contribution in [3.8, 4) is 5.75 Å². The minimum Gasteiger partial charge on any atom is -0.494 e. The molecular formula is C19H23N3O6S. The van der Waals surface area contributed by atoms with Gasteiger partial charge in [-0.1, -0.05) is 6.07 Å². The summed E-state index contributed by atoms with van der Waals surface area (Å²) in [6, 6.07) is 7.37. The number of ether oxygens (including phenoxy) is 1. The lowest BCUT2D eigenvalue weighted by molar-refractivity contribution is -0.384. The van der Waals surface area contributed by atoms with Crippen LogP contribution in [0.15, 0.2) is 41.3 Å². The molecule has 2 aromatic rings. The van der Waals surface area contributed by atoms with Gasteiger partial charge in [0.05, 0.1) is 28.2 Å². The van der Waals surface area contributed by atoms with E-state index < -0.39 is 26.9 Å². The van der Waals surface area contributed by atoms with E-state index in [1.54, 1.807) is 19.9 Å². The van der Waals surface area contributed by atoms with Crippen LogP contribution in [-0.4, -0.2) is 31.9 Å². The maximum atomic E-state index is 12.6. The summed E-state index contributed by atoms with van der Waals surface area (Å²) in [6.07, 6.45) is 0. The van der Waals surface area contributed by atoms with Gasteiger partial charge in [-0.05, 0) is 57.0 Å². The minimum atomic E-state index is -3.96. The van der Waals surface area contributed by atoms with Gasteiger partial charge in [0.25, 0.3) is 5.69 Å². The second-order valence-electron chi connectivity index (χ2n) is 6.45. The van der Waals surface area contributed by atoms with Crippen LogP contribution in [0.1, 0.15) is 25.0 Å². The van der Waals surface area contributed by atoms with E-state index in [0.29, 0.717) is 23.5 Å². The maximum Gasteiger partial charge on any atom is 0.271 e. The highest BCUT2D eigenvalue weighted by atomic mass is 32.2. The van der Waals surface area contributed by atoms with E-state index in [-0.39, 0.29) is 16.3 Å². The quantitative estimate of drug-likeness (QED) is 0.498. The number of hydrogen-bond donors (Lipinski definition) is 2. The lowest BCUT2D eigenvalue weighted by Gasteiger charge is -2.16. The van der Waals surface area contributed by atoms with E-state index in [0.717, 1.165) is 0 Å². The van der Waals surface area contributed by atoms with Crippen molar-refractivity contribution in [3.05, 3.63) is 57.6 Å². The van der Waals surface area contributed by atoms with Gasteiger partial charge in [0.15, 0.2) is 0 Å². The molecule has 0 saturated heterocycles. The third-order valence-electron chi connectivity index (χ3n) is 4.17. The van der Waals surface area contributed by atoms with Crippen LogP contribution in [0.2, 0.25) is 0 Å². The molecule has 10 heteroatoms. The first kappa shape index (κ1) is 22.3. The number of rotatable bonds is 8. The molecule has 0 radical (unpaired) electrons. The van der Waals surface area contributed by atoms with Gasteiger partial charge in [0.1, 0.15) is 5.75 Å². The Labute approximate surface area is 169 Å². The van der Waals surface area contributed by atoms with E-state index in [9.17, 15) is 23.3 Å². The average Bonchev–Trinajstić information content (AvgIpc) is 2.64. The van der Waals surface area contributed by atoms with Gasteiger partial charge in [-0.25, -0.2) is 8.42 Å². The van der Waals surface area contributed by atoms with Crippen molar-refractivity contribution in [1.82, 2.24) is 4.72 Å². The first-order chi connectivity index (χ1) is 13.5. The third kappa shape index (κ3) is 5.52. The molecule has 0 aliphatic heterocycles. The smallest absolute Gasteiger partial charge is 0.271 e. The monoisotopic (exact) mass is 421 g/mol. The summed E-state index contributed by atoms with van der Waals surface area (Å²) in [5.74, 6) is -0.0572. The second kappa shape index (κ2) is 9.01. The molecule has 29 heavy (non-hydrogen) atoms. The molecule has 0 aromatic heterocycles. The van der Waals surface area contributed by atoms with Gasteiger partial charge in [-0.2, -0.15) is 4.72 Å². The Kier molecular flexibility index (Phi) is 6.93. The first-order valence-electron chi connectivity index (χ1n) is 8.87. The van der Waals surface area contributed by atoms with Crippen LogP contribution < -0.4 is 14.8 Å². The zero-order chi connectivity index (χ0) is 21.8. The summed E-state index contributed by atoms with van der Waals surface area (Å²) in [5.41, 5.74) is 1.33.